The molecule has 0 spiro atoms. The lowest BCUT2D eigenvalue weighted by Crippen LogP contribution is -2.36. The highest BCUT2D eigenvalue weighted by Gasteiger charge is 2.25. The van der Waals surface area contributed by atoms with Gasteiger partial charge in [-0.25, -0.2) is 0 Å². The maximum atomic E-state index is 5.77. The van der Waals surface area contributed by atoms with Gasteiger partial charge < -0.3 is 14.6 Å². The van der Waals surface area contributed by atoms with E-state index in [1.54, 1.807) is 14.2 Å². The number of rotatable bonds is 5. The molecule has 0 aliphatic rings. The molecule has 4 heteroatoms. The molecular formula is C7H19NO2Si. The summed E-state index contributed by atoms with van der Waals surface area (Å²) in [6, 6.07) is 0.177. The van der Waals surface area contributed by atoms with Gasteiger partial charge in [-0.15, -0.1) is 0 Å². The highest BCUT2D eigenvalue weighted by Crippen LogP contribution is 2.18. The van der Waals surface area contributed by atoms with Crippen LogP contribution in [0.3, 0.4) is 0 Å². The molecule has 0 saturated carbocycles. The fourth-order valence-corrected chi connectivity index (χ4v) is 3.03. The van der Waals surface area contributed by atoms with Crippen LogP contribution >= 0.6 is 0 Å². The number of nitrogens with two attached hydrogens (primary N) is 1. The van der Waals surface area contributed by atoms with Crippen LogP contribution in [0.1, 0.15) is 20.3 Å². The summed E-state index contributed by atoms with van der Waals surface area (Å²) in [6.07, 6.45) is 1.04. The third kappa shape index (κ3) is 3.33. The molecule has 0 saturated heterocycles. The van der Waals surface area contributed by atoms with E-state index in [0.29, 0.717) is 5.54 Å². The molecule has 0 aliphatic heterocycles. The lowest BCUT2D eigenvalue weighted by atomic mass is 10.2. The quantitative estimate of drug-likeness (QED) is 0.626. The maximum absolute atomic E-state index is 5.77. The first-order valence-electron chi connectivity index (χ1n) is 3.98. The zero-order valence-electron chi connectivity index (χ0n) is 7.83. The molecule has 0 aromatic rings. The van der Waals surface area contributed by atoms with Gasteiger partial charge in [0.1, 0.15) is 0 Å². The predicted octanol–water partition coefficient (Wildman–Crippen LogP) is 0.627. The molecule has 0 heterocycles. The summed E-state index contributed by atoms with van der Waals surface area (Å²) < 4.78 is 10.5. The van der Waals surface area contributed by atoms with Crippen LogP contribution in [0.25, 0.3) is 0 Å². The third-order valence-corrected chi connectivity index (χ3v) is 4.67. The fraction of sp³-hybridized carbons (Fsp3) is 1.00. The van der Waals surface area contributed by atoms with Crippen LogP contribution in [0.4, 0.5) is 0 Å². The van der Waals surface area contributed by atoms with Crippen LogP contribution in [0, 0.1) is 0 Å². The lowest BCUT2D eigenvalue weighted by molar-refractivity contribution is 0.258. The molecule has 0 fully saturated rings. The molecule has 0 aromatic carbocycles. The van der Waals surface area contributed by atoms with Crippen molar-refractivity contribution in [2.75, 3.05) is 14.2 Å². The van der Waals surface area contributed by atoms with Crippen molar-refractivity contribution in [1.82, 2.24) is 0 Å². The van der Waals surface area contributed by atoms with E-state index in [1.807, 2.05) is 6.92 Å². The van der Waals surface area contributed by atoms with Crippen molar-refractivity contribution in [3.05, 3.63) is 0 Å². The van der Waals surface area contributed by atoms with Gasteiger partial charge in [-0.05, 0) is 6.92 Å². The predicted molar refractivity (Wildman–Crippen MR) is 48.9 cm³/mol. The minimum atomic E-state index is -1.49. The molecule has 0 rings (SSSR count). The average Bonchev–Trinajstić information content (AvgIpc) is 1.99. The SMILES string of the molecule is CCC(C(C)N)[SiH](OC)OC. The van der Waals surface area contributed by atoms with Gasteiger partial charge >= 0.3 is 9.28 Å². The van der Waals surface area contributed by atoms with Crippen molar-refractivity contribution in [2.24, 2.45) is 5.73 Å². The Labute approximate surface area is 70.7 Å². The Bertz CT molecular complexity index is 96.4. The van der Waals surface area contributed by atoms with E-state index in [0.717, 1.165) is 6.42 Å². The van der Waals surface area contributed by atoms with E-state index in [-0.39, 0.29) is 6.04 Å². The first-order valence-corrected chi connectivity index (χ1v) is 5.59. The van der Waals surface area contributed by atoms with Crippen LogP contribution in [0.5, 0.6) is 0 Å². The third-order valence-electron chi connectivity index (χ3n) is 1.96. The average molecular weight is 177 g/mol. The largest absolute Gasteiger partial charge is 0.400 e. The zero-order chi connectivity index (χ0) is 8.85. The summed E-state index contributed by atoms with van der Waals surface area (Å²) in [5.41, 5.74) is 6.20. The van der Waals surface area contributed by atoms with E-state index in [4.69, 9.17) is 14.6 Å². The minimum Gasteiger partial charge on any atom is -0.400 e. The summed E-state index contributed by atoms with van der Waals surface area (Å²) in [5, 5.41) is 0. The van der Waals surface area contributed by atoms with Crippen molar-refractivity contribution in [1.29, 1.82) is 0 Å². The zero-order valence-corrected chi connectivity index (χ0v) is 8.99. The first kappa shape index (κ1) is 11.1. The van der Waals surface area contributed by atoms with Crippen molar-refractivity contribution in [3.63, 3.8) is 0 Å². The highest BCUT2D eigenvalue weighted by molar-refractivity contribution is 6.46. The summed E-state index contributed by atoms with van der Waals surface area (Å²) >= 11 is 0. The van der Waals surface area contributed by atoms with Gasteiger partial charge in [-0.2, -0.15) is 0 Å². The first-order chi connectivity index (χ1) is 5.17. The Balaban J connectivity index is 3.98. The van der Waals surface area contributed by atoms with Gasteiger partial charge in [0.15, 0.2) is 0 Å². The monoisotopic (exact) mass is 177 g/mol. The molecule has 3 nitrogen and oxygen atoms in total. The van der Waals surface area contributed by atoms with Gasteiger partial charge in [0.2, 0.25) is 0 Å². The maximum Gasteiger partial charge on any atom is 0.325 e. The topological polar surface area (TPSA) is 44.5 Å². The van der Waals surface area contributed by atoms with E-state index in [2.05, 4.69) is 6.92 Å². The van der Waals surface area contributed by atoms with Crippen molar-refractivity contribution >= 4 is 9.28 Å². The van der Waals surface area contributed by atoms with Gasteiger partial charge in [-0.1, -0.05) is 13.3 Å². The Hall–Kier alpha value is 0.0969. The standard InChI is InChI=1S/C7H19NO2Si/c1-5-7(6(2)8)11(9-3)10-4/h6-7,11H,5,8H2,1-4H3. The Kier molecular flexibility index (Phi) is 5.76. The number of hydrogen-bond acceptors (Lipinski definition) is 3. The summed E-state index contributed by atoms with van der Waals surface area (Å²) in [5.74, 6) is 0. The van der Waals surface area contributed by atoms with Gasteiger partial charge in [0.25, 0.3) is 0 Å². The second kappa shape index (κ2) is 5.71. The van der Waals surface area contributed by atoms with Crippen LogP contribution in [0.2, 0.25) is 5.54 Å². The molecule has 11 heavy (non-hydrogen) atoms. The van der Waals surface area contributed by atoms with Gasteiger partial charge in [0.05, 0.1) is 0 Å². The molecule has 2 atom stereocenters. The molecule has 68 valence electrons. The van der Waals surface area contributed by atoms with Crippen molar-refractivity contribution in [2.45, 2.75) is 31.9 Å². The molecule has 0 aliphatic carbocycles. The highest BCUT2D eigenvalue weighted by atomic mass is 28.3. The molecule has 0 amide bonds. The summed E-state index contributed by atoms with van der Waals surface area (Å²) in [7, 11) is 1.91. The smallest absolute Gasteiger partial charge is 0.325 e. The second-order valence-corrected chi connectivity index (χ2v) is 5.31. The second-order valence-electron chi connectivity index (χ2n) is 2.77. The van der Waals surface area contributed by atoms with Crippen LogP contribution in [-0.2, 0) is 8.85 Å². The summed E-state index contributed by atoms with van der Waals surface area (Å²) in [6.45, 7) is 4.12. The number of hydrogen-bond donors (Lipinski definition) is 1. The van der Waals surface area contributed by atoms with E-state index in [9.17, 15) is 0 Å². The van der Waals surface area contributed by atoms with E-state index in [1.165, 1.54) is 0 Å². The van der Waals surface area contributed by atoms with Crippen molar-refractivity contribution in [3.8, 4) is 0 Å². The van der Waals surface area contributed by atoms with Crippen LogP contribution in [0.15, 0.2) is 0 Å². The fourth-order valence-electron chi connectivity index (χ4n) is 1.26. The molecular weight excluding hydrogens is 158 g/mol. The van der Waals surface area contributed by atoms with Crippen molar-refractivity contribution < 1.29 is 8.85 Å². The molecule has 2 unspecified atom stereocenters. The Morgan fingerprint density at radius 2 is 1.82 bits per heavy atom. The molecule has 0 radical (unpaired) electrons. The van der Waals surface area contributed by atoms with Crippen LogP contribution < -0.4 is 5.73 Å². The van der Waals surface area contributed by atoms with Gasteiger partial charge in [0, 0.05) is 25.8 Å². The van der Waals surface area contributed by atoms with E-state index < -0.39 is 9.28 Å². The molecule has 2 N–H and O–H groups in total. The minimum absolute atomic E-state index is 0.177. The molecule has 0 bridgehead atoms. The summed E-state index contributed by atoms with van der Waals surface area (Å²) in [4.78, 5) is 0. The van der Waals surface area contributed by atoms with E-state index >= 15 is 0 Å². The lowest BCUT2D eigenvalue weighted by Gasteiger charge is -2.24. The normalized spacial score (nSPS) is 16.9. The Morgan fingerprint density at radius 1 is 1.36 bits per heavy atom. The molecule has 0 aromatic heterocycles. The Morgan fingerprint density at radius 3 is 1.91 bits per heavy atom. The van der Waals surface area contributed by atoms with Gasteiger partial charge in [-0.3, -0.25) is 0 Å². The van der Waals surface area contributed by atoms with Crippen LogP contribution in [-0.4, -0.2) is 29.5 Å².